The number of benzene rings is 3. The van der Waals surface area contributed by atoms with E-state index >= 15 is 0 Å². The minimum absolute atomic E-state index is 0.0754. The molecule has 1 amide bonds. The summed E-state index contributed by atoms with van der Waals surface area (Å²) in [5.41, 5.74) is 2.90. The predicted molar refractivity (Wildman–Crippen MR) is 141 cm³/mol. The average molecular weight is 505 g/mol. The van der Waals surface area contributed by atoms with Crippen molar-refractivity contribution in [2.75, 3.05) is 16.2 Å². The lowest BCUT2D eigenvalue weighted by atomic mass is 10.2. The van der Waals surface area contributed by atoms with Crippen molar-refractivity contribution in [3.63, 3.8) is 0 Å². The van der Waals surface area contributed by atoms with Crippen LogP contribution in [0.15, 0.2) is 88.6 Å². The number of carbonyl (C=O) groups is 1. The molecule has 0 fully saturated rings. The number of para-hydroxylation sites is 2. The summed E-state index contributed by atoms with van der Waals surface area (Å²) in [6.45, 7) is 4.87. The Bertz CT molecular complexity index is 1570. The molecule has 4 aromatic rings. The fourth-order valence-corrected chi connectivity index (χ4v) is 5.49. The van der Waals surface area contributed by atoms with Gasteiger partial charge in [-0.2, -0.15) is 0 Å². The highest BCUT2D eigenvalue weighted by atomic mass is 32.2. The van der Waals surface area contributed by atoms with E-state index in [-0.39, 0.29) is 10.6 Å². The van der Waals surface area contributed by atoms with Gasteiger partial charge in [0.15, 0.2) is 0 Å². The van der Waals surface area contributed by atoms with Crippen molar-refractivity contribution in [3.8, 4) is 5.69 Å². The second-order valence-corrected chi connectivity index (χ2v) is 10.5. The third-order valence-corrected chi connectivity index (χ3v) is 7.87. The molecule has 4 rings (SSSR count). The van der Waals surface area contributed by atoms with Gasteiger partial charge in [0.25, 0.3) is 15.6 Å². The van der Waals surface area contributed by atoms with Crippen LogP contribution in [0, 0.1) is 20.8 Å². The number of amides is 1. The van der Waals surface area contributed by atoms with E-state index in [1.165, 1.54) is 16.8 Å². The Labute approximate surface area is 210 Å². The SMILES string of the molecule is Cc1ccc(S(=O)(=O)N(CC(=O)Nc2c(C)n(C)n(-c3ccccc3)c2=O)c2ccccc2C)cc1. The van der Waals surface area contributed by atoms with E-state index in [1.54, 1.807) is 74.1 Å². The van der Waals surface area contributed by atoms with Gasteiger partial charge in [-0.05, 0) is 56.7 Å². The zero-order chi connectivity index (χ0) is 26.0. The molecule has 1 heterocycles. The zero-order valence-electron chi connectivity index (χ0n) is 20.6. The molecule has 0 aliphatic carbocycles. The van der Waals surface area contributed by atoms with E-state index < -0.39 is 28.0 Å². The quantitative estimate of drug-likeness (QED) is 0.413. The summed E-state index contributed by atoms with van der Waals surface area (Å²) in [4.78, 5) is 26.5. The van der Waals surface area contributed by atoms with E-state index in [0.29, 0.717) is 22.6 Å². The monoisotopic (exact) mass is 504 g/mol. The molecule has 0 aliphatic rings. The van der Waals surface area contributed by atoms with Crippen molar-refractivity contribution in [1.29, 1.82) is 0 Å². The fraction of sp³-hybridized carbons (Fsp3) is 0.185. The fourth-order valence-electron chi connectivity index (χ4n) is 4.00. The summed E-state index contributed by atoms with van der Waals surface area (Å²) < 4.78 is 31.5. The van der Waals surface area contributed by atoms with E-state index in [9.17, 15) is 18.0 Å². The summed E-state index contributed by atoms with van der Waals surface area (Å²) in [5, 5.41) is 2.66. The molecule has 0 saturated carbocycles. The number of rotatable bonds is 7. The van der Waals surface area contributed by atoms with E-state index in [2.05, 4.69) is 5.32 Å². The van der Waals surface area contributed by atoms with Crippen LogP contribution in [0.25, 0.3) is 5.69 Å². The Balaban J connectivity index is 1.71. The number of nitrogens with one attached hydrogen (secondary N) is 1. The average Bonchev–Trinajstić information content (AvgIpc) is 3.06. The standard InChI is InChI=1S/C27H28N4O4S/c1-19-14-16-23(17-15-19)36(34,35)30(24-13-9-8-10-20(24)2)18-25(32)28-26-21(3)29(4)31(27(26)33)22-11-6-5-7-12-22/h5-17H,18H2,1-4H3,(H,28,32). The molecule has 9 heteroatoms. The molecule has 0 unspecified atom stereocenters. The molecule has 0 radical (unpaired) electrons. The lowest BCUT2D eigenvalue weighted by molar-refractivity contribution is -0.114. The van der Waals surface area contributed by atoms with Crippen molar-refractivity contribution in [2.45, 2.75) is 25.7 Å². The van der Waals surface area contributed by atoms with Crippen molar-refractivity contribution in [2.24, 2.45) is 7.05 Å². The van der Waals surface area contributed by atoms with E-state index in [1.807, 2.05) is 25.1 Å². The Hall–Kier alpha value is -4.11. The van der Waals surface area contributed by atoms with Gasteiger partial charge in [0.1, 0.15) is 12.2 Å². The molecule has 0 spiro atoms. The third kappa shape index (κ3) is 4.70. The first kappa shape index (κ1) is 25.0. The predicted octanol–water partition coefficient (Wildman–Crippen LogP) is 3.94. The van der Waals surface area contributed by atoms with Crippen LogP contribution >= 0.6 is 0 Å². The van der Waals surface area contributed by atoms with Crippen LogP contribution in [0.5, 0.6) is 0 Å². The molecule has 1 aromatic heterocycles. The Kier molecular flexibility index (Phi) is 6.85. The van der Waals surface area contributed by atoms with Gasteiger partial charge in [0.2, 0.25) is 5.91 Å². The molecule has 186 valence electrons. The molecule has 0 aliphatic heterocycles. The highest BCUT2D eigenvalue weighted by Crippen LogP contribution is 2.27. The van der Waals surface area contributed by atoms with E-state index in [0.717, 1.165) is 9.87 Å². The van der Waals surface area contributed by atoms with Crippen molar-refractivity contribution in [3.05, 3.63) is 106 Å². The zero-order valence-corrected chi connectivity index (χ0v) is 21.4. The number of aromatic nitrogens is 2. The second kappa shape index (κ2) is 9.87. The summed E-state index contributed by atoms with van der Waals surface area (Å²) in [6, 6.07) is 22.5. The number of hydrogen-bond acceptors (Lipinski definition) is 4. The first-order valence-electron chi connectivity index (χ1n) is 11.4. The van der Waals surface area contributed by atoms with Gasteiger partial charge in [0, 0.05) is 7.05 Å². The van der Waals surface area contributed by atoms with Gasteiger partial charge in [-0.25, -0.2) is 13.1 Å². The number of aryl methyl sites for hydroxylation is 2. The highest BCUT2D eigenvalue weighted by Gasteiger charge is 2.29. The maximum absolute atomic E-state index is 13.6. The third-order valence-electron chi connectivity index (χ3n) is 6.10. The summed E-state index contributed by atoms with van der Waals surface area (Å²) in [5.74, 6) is -0.625. The molecule has 1 N–H and O–H groups in total. The molecule has 3 aromatic carbocycles. The molecule has 0 bridgehead atoms. The van der Waals surface area contributed by atoms with Gasteiger partial charge in [0.05, 0.1) is 22.0 Å². The van der Waals surface area contributed by atoms with Crippen LogP contribution in [0.4, 0.5) is 11.4 Å². The van der Waals surface area contributed by atoms with Gasteiger partial charge in [-0.1, -0.05) is 54.1 Å². The molecule has 0 saturated heterocycles. The normalized spacial score (nSPS) is 11.3. The number of carbonyl (C=O) groups excluding carboxylic acids is 1. The molecule has 36 heavy (non-hydrogen) atoms. The van der Waals surface area contributed by atoms with Crippen molar-refractivity contribution in [1.82, 2.24) is 9.36 Å². The topological polar surface area (TPSA) is 93.4 Å². The second-order valence-electron chi connectivity index (χ2n) is 8.60. The Morgan fingerprint density at radius 2 is 1.50 bits per heavy atom. The van der Waals surface area contributed by atoms with Gasteiger partial charge in [-0.15, -0.1) is 0 Å². The molecular weight excluding hydrogens is 476 g/mol. The van der Waals surface area contributed by atoms with Crippen LogP contribution in [-0.4, -0.2) is 30.2 Å². The van der Waals surface area contributed by atoms with Crippen molar-refractivity contribution < 1.29 is 13.2 Å². The molecule has 0 atom stereocenters. The molecular formula is C27H28N4O4S. The first-order chi connectivity index (χ1) is 17.1. The van der Waals surface area contributed by atoms with Crippen LogP contribution in [-0.2, 0) is 21.9 Å². The lowest BCUT2D eigenvalue weighted by Crippen LogP contribution is -2.39. The first-order valence-corrected chi connectivity index (χ1v) is 12.8. The van der Waals surface area contributed by atoms with Crippen LogP contribution < -0.4 is 15.2 Å². The van der Waals surface area contributed by atoms with Crippen LogP contribution in [0.1, 0.15) is 16.8 Å². The Morgan fingerprint density at radius 1 is 0.889 bits per heavy atom. The number of nitrogens with zero attached hydrogens (tertiary/aromatic N) is 3. The minimum Gasteiger partial charge on any atom is -0.318 e. The summed E-state index contributed by atoms with van der Waals surface area (Å²) in [7, 11) is -2.34. The number of hydrogen-bond donors (Lipinski definition) is 1. The summed E-state index contributed by atoms with van der Waals surface area (Å²) >= 11 is 0. The van der Waals surface area contributed by atoms with Crippen LogP contribution in [0.3, 0.4) is 0 Å². The Morgan fingerprint density at radius 3 is 2.14 bits per heavy atom. The van der Waals surface area contributed by atoms with Gasteiger partial charge >= 0.3 is 0 Å². The maximum atomic E-state index is 13.6. The maximum Gasteiger partial charge on any atom is 0.295 e. The van der Waals surface area contributed by atoms with Gasteiger partial charge < -0.3 is 5.32 Å². The van der Waals surface area contributed by atoms with Crippen LogP contribution in [0.2, 0.25) is 0 Å². The minimum atomic E-state index is -4.06. The number of sulfonamides is 1. The largest absolute Gasteiger partial charge is 0.318 e. The molecule has 8 nitrogen and oxygen atoms in total. The lowest BCUT2D eigenvalue weighted by Gasteiger charge is -2.25. The highest BCUT2D eigenvalue weighted by molar-refractivity contribution is 7.92. The smallest absolute Gasteiger partial charge is 0.295 e. The number of anilines is 2. The van der Waals surface area contributed by atoms with Crippen molar-refractivity contribution >= 4 is 27.3 Å². The summed E-state index contributed by atoms with van der Waals surface area (Å²) in [6.07, 6.45) is 0. The van der Waals surface area contributed by atoms with E-state index in [4.69, 9.17) is 0 Å². The van der Waals surface area contributed by atoms with Gasteiger partial charge in [-0.3, -0.25) is 18.6 Å².